The molecule has 0 spiro atoms. The van der Waals surface area contributed by atoms with Gasteiger partial charge in [-0.15, -0.1) is 0 Å². The molecule has 5 nitrogen and oxygen atoms in total. The minimum Gasteiger partial charge on any atom is -0.351 e. The first-order valence-electron chi connectivity index (χ1n) is 7.39. The van der Waals surface area contributed by atoms with Crippen LogP contribution in [0.15, 0.2) is 54.6 Å². The molecule has 4 N–H and O–H groups in total. The molecule has 5 heteroatoms. The van der Waals surface area contributed by atoms with E-state index in [9.17, 15) is 9.59 Å². The van der Waals surface area contributed by atoms with Gasteiger partial charge in [0.2, 0.25) is 5.91 Å². The lowest BCUT2D eigenvalue weighted by atomic mass is 9.84. The Morgan fingerprint density at radius 2 is 1.61 bits per heavy atom. The second-order valence-corrected chi connectivity index (χ2v) is 5.86. The predicted octanol–water partition coefficient (Wildman–Crippen LogP) is 2.77. The number of benzene rings is 2. The molecule has 0 aliphatic rings. The van der Waals surface area contributed by atoms with Crippen molar-refractivity contribution in [2.75, 3.05) is 5.32 Å². The van der Waals surface area contributed by atoms with Crippen LogP contribution in [0.2, 0.25) is 0 Å². The first-order chi connectivity index (χ1) is 10.9. The van der Waals surface area contributed by atoms with Gasteiger partial charge < -0.3 is 16.4 Å². The second kappa shape index (κ2) is 6.96. The van der Waals surface area contributed by atoms with Crippen molar-refractivity contribution in [2.45, 2.75) is 25.8 Å². The van der Waals surface area contributed by atoms with E-state index in [1.165, 1.54) is 0 Å². The van der Waals surface area contributed by atoms with E-state index in [1.54, 1.807) is 12.1 Å². The molecule has 23 heavy (non-hydrogen) atoms. The Bertz CT molecular complexity index is 679. The van der Waals surface area contributed by atoms with Crippen molar-refractivity contribution in [2.24, 2.45) is 5.73 Å². The number of nitrogens with two attached hydrogens (primary N) is 1. The fourth-order valence-electron chi connectivity index (χ4n) is 2.24. The molecule has 2 aromatic rings. The molecule has 0 aliphatic carbocycles. The Kier molecular flexibility index (Phi) is 5.01. The number of anilines is 1. The van der Waals surface area contributed by atoms with Gasteiger partial charge in [0, 0.05) is 12.2 Å². The summed E-state index contributed by atoms with van der Waals surface area (Å²) < 4.78 is 0. The van der Waals surface area contributed by atoms with Crippen LogP contribution >= 0.6 is 0 Å². The minimum absolute atomic E-state index is 0.0389. The van der Waals surface area contributed by atoms with Gasteiger partial charge in [0.1, 0.15) is 0 Å². The summed E-state index contributed by atoms with van der Waals surface area (Å²) in [5.74, 6) is -0.0389. The molecule has 2 aromatic carbocycles. The van der Waals surface area contributed by atoms with E-state index in [4.69, 9.17) is 5.73 Å². The zero-order valence-corrected chi connectivity index (χ0v) is 13.3. The van der Waals surface area contributed by atoms with Crippen LogP contribution < -0.4 is 16.4 Å². The number of urea groups is 1. The molecule has 0 fully saturated rings. The highest BCUT2D eigenvalue weighted by atomic mass is 16.2. The molecule has 0 saturated heterocycles. The van der Waals surface area contributed by atoms with Crippen molar-refractivity contribution in [3.05, 3.63) is 65.7 Å². The van der Waals surface area contributed by atoms with Crippen molar-refractivity contribution >= 4 is 17.6 Å². The van der Waals surface area contributed by atoms with E-state index >= 15 is 0 Å². The van der Waals surface area contributed by atoms with E-state index in [0.29, 0.717) is 12.2 Å². The van der Waals surface area contributed by atoms with Gasteiger partial charge in [0.25, 0.3) is 0 Å². The van der Waals surface area contributed by atoms with Crippen molar-refractivity contribution in [3.8, 4) is 0 Å². The second-order valence-electron chi connectivity index (χ2n) is 5.86. The number of hydrogen-bond acceptors (Lipinski definition) is 2. The van der Waals surface area contributed by atoms with Crippen molar-refractivity contribution in [1.29, 1.82) is 0 Å². The molecular weight excluding hydrogens is 290 g/mol. The van der Waals surface area contributed by atoms with Gasteiger partial charge in [-0.25, -0.2) is 4.79 Å². The summed E-state index contributed by atoms with van der Waals surface area (Å²) in [4.78, 5) is 23.2. The maximum absolute atomic E-state index is 12.5. The topological polar surface area (TPSA) is 84.2 Å². The fraction of sp³-hybridized carbons (Fsp3) is 0.222. The van der Waals surface area contributed by atoms with Gasteiger partial charge in [-0.3, -0.25) is 4.79 Å². The molecule has 0 radical (unpaired) electrons. The number of hydrogen-bond donors (Lipinski definition) is 3. The normalized spacial score (nSPS) is 10.9. The summed E-state index contributed by atoms with van der Waals surface area (Å²) in [5.41, 5.74) is 6.99. The quantitative estimate of drug-likeness (QED) is 0.793. The molecule has 3 amide bonds. The molecule has 120 valence electrons. The molecule has 0 heterocycles. The number of carbonyl (C=O) groups is 2. The van der Waals surface area contributed by atoms with Crippen LogP contribution in [0.3, 0.4) is 0 Å². The van der Waals surface area contributed by atoms with Crippen LogP contribution in [-0.4, -0.2) is 11.9 Å². The molecule has 0 saturated carbocycles. The molecule has 0 atom stereocenters. The smallest absolute Gasteiger partial charge is 0.316 e. The summed E-state index contributed by atoms with van der Waals surface area (Å²) in [6, 6.07) is 16.2. The summed E-state index contributed by atoms with van der Waals surface area (Å²) >= 11 is 0. The molecule has 0 aliphatic heterocycles. The van der Waals surface area contributed by atoms with Gasteiger partial charge in [-0.2, -0.15) is 0 Å². The number of nitrogens with one attached hydrogen (secondary N) is 2. The number of primary amides is 1. The first-order valence-corrected chi connectivity index (χ1v) is 7.39. The minimum atomic E-state index is -0.602. The Balaban J connectivity index is 1.97. The lowest BCUT2D eigenvalue weighted by Crippen LogP contribution is -2.39. The zero-order chi connectivity index (χ0) is 16.9. The summed E-state index contributed by atoms with van der Waals surface area (Å²) in [6.45, 7) is 4.22. The highest BCUT2D eigenvalue weighted by molar-refractivity contribution is 5.88. The fourth-order valence-corrected chi connectivity index (χ4v) is 2.24. The van der Waals surface area contributed by atoms with E-state index in [-0.39, 0.29) is 5.91 Å². The maximum Gasteiger partial charge on any atom is 0.316 e. The van der Waals surface area contributed by atoms with Crippen LogP contribution in [0.4, 0.5) is 10.5 Å². The highest BCUT2D eigenvalue weighted by Crippen LogP contribution is 2.23. The van der Waals surface area contributed by atoms with Gasteiger partial charge in [-0.05, 0) is 37.1 Å². The third kappa shape index (κ3) is 4.32. The van der Waals surface area contributed by atoms with E-state index in [0.717, 1.165) is 11.1 Å². The number of rotatable bonds is 5. The van der Waals surface area contributed by atoms with Crippen molar-refractivity contribution in [3.63, 3.8) is 0 Å². The highest BCUT2D eigenvalue weighted by Gasteiger charge is 2.29. The monoisotopic (exact) mass is 311 g/mol. The van der Waals surface area contributed by atoms with Crippen LogP contribution in [0.1, 0.15) is 25.0 Å². The predicted molar refractivity (Wildman–Crippen MR) is 91.0 cm³/mol. The molecule has 0 unspecified atom stereocenters. The molecule has 2 rings (SSSR count). The standard InChI is InChI=1S/C18H21N3O2/c1-18(2,14-6-4-3-5-7-14)16(22)20-12-13-8-10-15(11-9-13)21-17(19)23/h3-11H,12H2,1-2H3,(H,20,22)(H3,19,21,23). The third-order valence-corrected chi connectivity index (χ3v) is 3.74. The van der Waals surface area contributed by atoms with Gasteiger partial charge in [-0.1, -0.05) is 42.5 Å². The first kappa shape index (κ1) is 16.5. The lowest BCUT2D eigenvalue weighted by molar-refractivity contribution is -0.125. The van der Waals surface area contributed by atoms with Crippen molar-refractivity contribution in [1.82, 2.24) is 5.32 Å². The van der Waals surface area contributed by atoms with Crippen LogP contribution in [0.5, 0.6) is 0 Å². The van der Waals surface area contributed by atoms with E-state index < -0.39 is 11.4 Å². The molecule has 0 bridgehead atoms. The largest absolute Gasteiger partial charge is 0.351 e. The molecular formula is C18H21N3O2. The average Bonchev–Trinajstić information content (AvgIpc) is 2.54. The van der Waals surface area contributed by atoms with Crippen LogP contribution in [-0.2, 0) is 16.8 Å². The third-order valence-electron chi connectivity index (χ3n) is 3.74. The summed E-state index contributed by atoms with van der Waals surface area (Å²) in [7, 11) is 0. The van der Waals surface area contributed by atoms with E-state index in [1.807, 2.05) is 56.3 Å². The SMILES string of the molecule is CC(C)(C(=O)NCc1ccc(NC(N)=O)cc1)c1ccccc1. The summed E-state index contributed by atoms with van der Waals surface area (Å²) in [5, 5.41) is 5.44. The Hall–Kier alpha value is -2.82. The van der Waals surface area contributed by atoms with Crippen molar-refractivity contribution < 1.29 is 9.59 Å². The van der Waals surface area contributed by atoms with E-state index in [2.05, 4.69) is 10.6 Å². The Labute approximate surface area is 135 Å². The molecule has 0 aromatic heterocycles. The zero-order valence-electron chi connectivity index (χ0n) is 13.3. The number of carbonyl (C=O) groups excluding carboxylic acids is 2. The Morgan fingerprint density at radius 3 is 2.17 bits per heavy atom. The maximum atomic E-state index is 12.5. The van der Waals surface area contributed by atoms with Gasteiger partial charge >= 0.3 is 6.03 Å². The van der Waals surface area contributed by atoms with Crippen LogP contribution in [0, 0.1) is 0 Å². The summed E-state index contributed by atoms with van der Waals surface area (Å²) in [6.07, 6.45) is 0. The Morgan fingerprint density at radius 1 is 1.00 bits per heavy atom. The average molecular weight is 311 g/mol. The number of amides is 3. The van der Waals surface area contributed by atoms with Crippen LogP contribution in [0.25, 0.3) is 0 Å². The lowest BCUT2D eigenvalue weighted by Gasteiger charge is -2.24. The van der Waals surface area contributed by atoms with Gasteiger partial charge in [0.05, 0.1) is 5.41 Å². The van der Waals surface area contributed by atoms with Gasteiger partial charge in [0.15, 0.2) is 0 Å².